The maximum absolute atomic E-state index is 13.0. The molecule has 1 aliphatic rings. The minimum atomic E-state index is -4.47. The third-order valence-corrected chi connectivity index (χ3v) is 7.38. The molecule has 4 aromatic rings. The molecule has 0 fully saturated rings. The number of aromatic nitrogens is 6. The molecule has 4 aromatic heterocycles. The van der Waals surface area contributed by atoms with E-state index in [4.69, 9.17) is 0 Å². The summed E-state index contributed by atoms with van der Waals surface area (Å²) in [6, 6.07) is 1.04. The van der Waals surface area contributed by atoms with Crippen LogP contribution in [0.15, 0.2) is 12.4 Å². The van der Waals surface area contributed by atoms with Crippen LogP contribution in [0.25, 0.3) is 15.9 Å². The van der Waals surface area contributed by atoms with Gasteiger partial charge in [-0.15, -0.1) is 16.4 Å². The van der Waals surface area contributed by atoms with Crippen molar-refractivity contribution in [1.82, 2.24) is 29.4 Å². The first-order valence-corrected chi connectivity index (χ1v) is 11.1. The number of aryl methyl sites for hydroxylation is 2. The number of hydrogen-bond acceptors (Lipinski definition) is 5. The average molecular weight is 449 g/mol. The molecule has 5 rings (SSSR count). The van der Waals surface area contributed by atoms with Gasteiger partial charge in [0.1, 0.15) is 17.7 Å². The van der Waals surface area contributed by atoms with Crippen LogP contribution in [-0.2, 0) is 25.6 Å². The Morgan fingerprint density at radius 2 is 1.97 bits per heavy atom. The van der Waals surface area contributed by atoms with Gasteiger partial charge in [0.2, 0.25) is 0 Å². The monoisotopic (exact) mass is 448 g/mol. The Hall–Kier alpha value is -2.49. The van der Waals surface area contributed by atoms with E-state index in [0.29, 0.717) is 23.1 Å². The molecule has 0 radical (unpaired) electrons. The second-order valence-corrected chi connectivity index (χ2v) is 10.4. The lowest BCUT2D eigenvalue weighted by atomic mass is 9.72. The SMILES string of the molecule is Cc1cc(C(F)(F)F)nn1Cc1nc2c3c4c(sc3ncn2n1)C[C@H](C(C)(C)C)CC4. The van der Waals surface area contributed by atoms with Crippen LogP contribution < -0.4 is 0 Å². The molecule has 0 aromatic carbocycles. The highest BCUT2D eigenvalue weighted by Crippen LogP contribution is 2.43. The zero-order valence-electron chi connectivity index (χ0n) is 17.8. The maximum atomic E-state index is 13.0. The van der Waals surface area contributed by atoms with Crippen LogP contribution in [0.3, 0.4) is 0 Å². The zero-order chi connectivity index (χ0) is 22.1. The molecule has 0 saturated carbocycles. The first kappa shape index (κ1) is 20.4. The second-order valence-electron chi connectivity index (χ2n) is 9.36. The summed E-state index contributed by atoms with van der Waals surface area (Å²) in [5, 5.41) is 9.18. The van der Waals surface area contributed by atoms with Crippen molar-refractivity contribution in [2.75, 3.05) is 0 Å². The van der Waals surface area contributed by atoms with Gasteiger partial charge in [0, 0.05) is 10.6 Å². The first-order chi connectivity index (χ1) is 14.5. The van der Waals surface area contributed by atoms with E-state index in [-0.39, 0.29) is 12.0 Å². The Labute approximate surface area is 181 Å². The smallest absolute Gasteiger partial charge is 0.262 e. The summed E-state index contributed by atoms with van der Waals surface area (Å²) < 4.78 is 41.8. The zero-order valence-corrected chi connectivity index (χ0v) is 18.6. The molecule has 1 atom stereocenters. The summed E-state index contributed by atoms with van der Waals surface area (Å²) >= 11 is 1.72. The normalized spacial score (nSPS) is 17.6. The van der Waals surface area contributed by atoms with E-state index in [2.05, 4.69) is 40.9 Å². The first-order valence-electron chi connectivity index (χ1n) is 10.3. The Morgan fingerprint density at radius 1 is 1.19 bits per heavy atom. The fourth-order valence-electron chi connectivity index (χ4n) is 4.37. The third kappa shape index (κ3) is 3.50. The van der Waals surface area contributed by atoms with Gasteiger partial charge in [0.15, 0.2) is 17.2 Å². The summed E-state index contributed by atoms with van der Waals surface area (Å²) in [6.07, 6.45) is 0.304. The summed E-state index contributed by atoms with van der Waals surface area (Å²) in [4.78, 5) is 11.6. The van der Waals surface area contributed by atoms with Crippen molar-refractivity contribution in [3.8, 4) is 0 Å². The molecule has 0 bridgehead atoms. The molecule has 1 aliphatic carbocycles. The minimum absolute atomic E-state index is 0.0729. The highest BCUT2D eigenvalue weighted by atomic mass is 32.1. The van der Waals surface area contributed by atoms with Crippen LogP contribution in [0.4, 0.5) is 13.2 Å². The van der Waals surface area contributed by atoms with Gasteiger partial charge >= 0.3 is 6.18 Å². The van der Waals surface area contributed by atoms with E-state index in [1.54, 1.807) is 29.1 Å². The summed E-state index contributed by atoms with van der Waals surface area (Å²) in [6.45, 7) is 8.54. The van der Waals surface area contributed by atoms with Gasteiger partial charge in [0.25, 0.3) is 0 Å². The fourth-order valence-corrected chi connectivity index (χ4v) is 5.63. The Bertz CT molecular complexity index is 1290. The van der Waals surface area contributed by atoms with Crippen LogP contribution in [0.5, 0.6) is 0 Å². The molecule has 31 heavy (non-hydrogen) atoms. The van der Waals surface area contributed by atoms with E-state index in [0.717, 1.165) is 35.5 Å². The number of alkyl halides is 3. The lowest BCUT2D eigenvalue weighted by molar-refractivity contribution is -0.141. The average Bonchev–Trinajstić information content (AvgIpc) is 3.34. The van der Waals surface area contributed by atoms with Crippen molar-refractivity contribution in [3.63, 3.8) is 0 Å². The number of fused-ring (bicyclic) bond motifs is 5. The van der Waals surface area contributed by atoms with Crippen molar-refractivity contribution in [2.45, 2.75) is 59.7 Å². The molecule has 0 aliphatic heterocycles. The van der Waals surface area contributed by atoms with Crippen LogP contribution in [-0.4, -0.2) is 29.4 Å². The Kier molecular flexibility index (Phi) is 4.45. The molecule has 4 heterocycles. The van der Waals surface area contributed by atoms with Gasteiger partial charge in [-0.25, -0.2) is 14.5 Å². The highest BCUT2D eigenvalue weighted by molar-refractivity contribution is 7.19. The number of nitrogens with zero attached hydrogens (tertiary/aromatic N) is 6. The van der Waals surface area contributed by atoms with Crippen molar-refractivity contribution < 1.29 is 13.2 Å². The lowest BCUT2D eigenvalue weighted by Crippen LogP contribution is -2.26. The van der Waals surface area contributed by atoms with Gasteiger partial charge in [0.05, 0.1) is 5.39 Å². The molecule has 0 unspecified atom stereocenters. The number of hydrogen-bond donors (Lipinski definition) is 0. The molecular weight excluding hydrogens is 425 g/mol. The summed E-state index contributed by atoms with van der Waals surface area (Å²) in [7, 11) is 0. The quantitative estimate of drug-likeness (QED) is 0.430. The second kappa shape index (κ2) is 6.75. The number of halogens is 3. The van der Waals surface area contributed by atoms with Crippen molar-refractivity contribution >= 4 is 27.2 Å². The molecule has 10 heteroatoms. The standard InChI is InChI=1S/C21H23F3N6S/c1-11-7-15(21(22,23)24)27-29(11)9-16-26-18-17-13-6-5-12(20(2,3)4)8-14(13)31-19(17)25-10-30(18)28-16/h7,10,12H,5-6,8-9H2,1-4H3/t12-/m1/s1. The molecule has 0 amide bonds. The minimum Gasteiger partial charge on any atom is -0.262 e. The predicted octanol–water partition coefficient (Wildman–Crippen LogP) is 5.06. The summed E-state index contributed by atoms with van der Waals surface area (Å²) in [5.41, 5.74) is 1.78. The van der Waals surface area contributed by atoms with E-state index in [1.165, 1.54) is 15.1 Å². The van der Waals surface area contributed by atoms with Gasteiger partial charge < -0.3 is 0 Å². The Morgan fingerprint density at radius 3 is 2.65 bits per heavy atom. The van der Waals surface area contributed by atoms with Crippen molar-refractivity contribution in [2.24, 2.45) is 11.3 Å². The molecular formula is C21H23F3N6S. The number of thiophene rings is 1. The maximum Gasteiger partial charge on any atom is 0.435 e. The van der Waals surface area contributed by atoms with E-state index < -0.39 is 11.9 Å². The van der Waals surface area contributed by atoms with Crippen LogP contribution in [0, 0.1) is 18.3 Å². The van der Waals surface area contributed by atoms with Crippen LogP contribution in [0.2, 0.25) is 0 Å². The molecule has 0 N–H and O–H groups in total. The van der Waals surface area contributed by atoms with Gasteiger partial charge in [-0.2, -0.15) is 18.3 Å². The van der Waals surface area contributed by atoms with Crippen molar-refractivity contribution in [1.29, 1.82) is 0 Å². The largest absolute Gasteiger partial charge is 0.435 e. The Balaban J connectivity index is 1.53. The van der Waals surface area contributed by atoms with Crippen molar-refractivity contribution in [3.05, 3.63) is 40.0 Å². The van der Waals surface area contributed by atoms with E-state index in [1.807, 2.05) is 0 Å². The van der Waals surface area contributed by atoms with Crippen LogP contribution in [0.1, 0.15) is 54.8 Å². The summed E-state index contributed by atoms with van der Waals surface area (Å²) in [5.74, 6) is 1.04. The van der Waals surface area contributed by atoms with E-state index in [9.17, 15) is 13.2 Å². The topological polar surface area (TPSA) is 60.9 Å². The molecule has 6 nitrogen and oxygen atoms in total. The fraction of sp³-hybridized carbons (Fsp3) is 0.524. The predicted molar refractivity (Wildman–Crippen MR) is 112 cm³/mol. The van der Waals surface area contributed by atoms with Gasteiger partial charge in [-0.1, -0.05) is 20.8 Å². The van der Waals surface area contributed by atoms with Crippen LogP contribution >= 0.6 is 11.3 Å². The third-order valence-electron chi connectivity index (χ3n) is 6.22. The molecule has 164 valence electrons. The van der Waals surface area contributed by atoms with Gasteiger partial charge in [-0.05, 0) is 49.1 Å². The highest BCUT2D eigenvalue weighted by Gasteiger charge is 2.35. The van der Waals surface area contributed by atoms with Gasteiger partial charge in [-0.3, -0.25) is 4.68 Å². The van der Waals surface area contributed by atoms with E-state index >= 15 is 0 Å². The molecule has 0 spiro atoms. The molecule has 0 saturated heterocycles. The lowest BCUT2D eigenvalue weighted by Gasteiger charge is -2.33. The number of rotatable bonds is 2.